The summed E-state index contributed by atoms with van der Waals surface area (Å²) in [7, 11) is 0. The van der Waals surface area contributed by atoms with E-state index in [-0.39, 0.29) is 0 Å². The molecule has 2 heterocycles. The summed E-state index contributed by atoms with van der Waals surface area (Å²) in [5.41, 5.74) is 0. The van der Waals surface area contributed by atoms with Crippen LogP contribution in [0.1, 0.15) is 39.0 Å². The summed E-state index contributed by atoms with van der Waals surface area (Å²) in [6, 6.07) is 0.553. The molecule has 0 aliphatic carbocycles. The Kier molecular flexibility index (Phi) is 5.45. The van der Waals surface area contributed by atoms with Crippen LogP contribution in [-0.2, 0) is 4.79 Å². The molecule has 2 rings (SSSR count). The summed E-state index contributed by atoms with van der Waals surface area (Å²) < 4.78 is 0. The van der Waals surface area contributed by atoms with Crippen LogP contribution in [0, 0.1) is 0 Å². The molecule has 1 unspecified atom stereocenters. The monoisotopic (exact) mass is 253 g/mol. The van der Waals surface area contributed by atoms with Gasteiger partial charge in [-0.3, -0.25) is 9.69 Å². The Balaban J connectivity index is 1.82. The lowest BCUT2D eigenvalue weighted by Gasteiger charge is -2.35. The highest BCUT2D eigenvalue weighted by Gasteiger charge is 2.24. The summed E-state index contributed by atoms with van der Waals surface area (Å²) in [6.45, 7) is 7.88. The molecule has 1 amide bonds. The van der Waals surface area contributed by atoms with Gasteiger partial charge in [0.15, 0.2) is 0 Å². The Morgan fingerprint density at radius 2 is 2.06 bits per heavy atom. The van der Waals surface area contributed by atoms with Crippen molar-refractivity contribution in [3.8, 4) is 0 Å². The fourth-order valence-corrected chi connectivity index (χ4v) is 3.06. The van der Waals surface area contributed by atoms with E-state index >= 15 is 0 Å². The third-order valence-corrected chi connectivity index (χ3v) is 4.24. The number of nitrogens with one attached hydrogen (secondary N) is 1. The van der Waals surface area contributed by atoms with Crippen molar-refractivity contribution in [3.63, 3.8) is 0 Å². The number of amides is 1. The van der Waals surface area contributed by atoms with Crippen molar-refractivity contribution in [2.75, 3.05) is 39.3 Å². The maximum atomic E-state index is 12.3. The summed E-state index contributed by atoms with van der Waals surface area (Å²) in [5, 5.41) is 3.44. The van der Waals surface area contributed by atoms with Crippen LogP contribution in [0.5, 0.6) is 0 Å². The van der Waals surface area contributed by atoms with Gasteiger partial charge in [-0.2, -0.15) is 0 Å². The van der Waals surface area contributed by atoms with Gasteiger partial charge >= 0.3 is 0 Å². The number of hydrogen-bond donors (Lipinski definition) is 1. The van der Waals surface area contributed by atoms with E-state index in [4.69, 9.17) is 0 Å². The first-order valence-electron chi connectivity index (χ1n) is 7.54. The summed E-state index contributed by atoms with van der Waals surface area (Å²) >= 11 is 0. The van der Waals surface area contributed by atoms with E-state index in [1.54, 1.807) is 0 Å². The van der Waals surface area contributed by atoms with Gasteiger partial charge in [0.25, 0.3) is 0 Å². The molecule has 2 aliphatic heterocycles. The van der Waals surface area contributed by atoms with Crippen molar-refractivity contribution in [2.24, 2.45) is 0 Å². The molecule has 0 spiro atoms. The summed E-state index contributed by atoms with van der Waals surface area (Å²) in [5.74, 6) is 0.335. The average molecular weight is 253 g/mol. The van der Waals surface area contributed by atoms with Gasteiger partial charge in [-0.15, -0.1) is 0 Å². The van der Waals surface area contributed by atoms with Crippen molar-refractivity contribution >= 4 is 5.91 Å². The molecule has 0 radical (unpaired) electrons. The molecule has 104 valence electrons. The molecule has 18 heavy (non-hydrogen) atoms. The number of likely N-dealkylation sites (N-methyl/N-ethyl adjacent to an activating group) is 1. The van der Waals surface area contributed by atoms with Crippen LogP contribution >= 0.6 is 0 Å². The molecule has 0 saturated carbocycles. The SMILES string of the molecule is CCN(CC(=O)N1CCCCC1)C1CCCNC1. The number of carbonyl (C=O) groups is 1. The Labute approximate surface area is 111 Å². The highest BCUT2D eigenvalue weighted by molar-refractivity contribution is 5.78. The van der Waals surface area contributed by atoms with Crippen LogP contribution in [0.3, 0.4) is 0 Å². The Hall–Kier alpha value is -0.610. The van der Waals surface area contributed by atoms with Gasteiger partial charge in [0.2, 0.25) is 5.91 Å². The van der Waals surface area contributed by atoms with E-state index in [0.29, 0.717) is 18.5 Å². The second-order valence-electron chi connectivity index (χ2n) is 5.50. The maximum Gasteiger partial charge on any atom is 0.236 e. The first-order chi connectivity index (χ1) is 8.81. The van der Waals surface area contributed by atoms with Crippen molar-refractivity contribution in [2.45, 2.75) is 45.1 Å². The predicted octanol–water partition coefficient (Wildman–Crippen LogP) is 1.07. The highest BCUT2D eigenvalue weighted by atomic mass is 16.2. The normalized spacial score (nSPS) is 25.4. The third-order valence-electron chi connectivity index (χ3n) is 4.24. The second kappa shape index (κ2) is 7.10. The van der Waals surface area contributed by atoms with Gasteiger partial charge in [0.05, 0.1) is 6.54 Å². The van der Waals surface area contributed by atoms with Gasteiger partial charge < -0.3 is 10.2 Å². The van der Waals surface area contributed by atoms with Gasteiger partial charge in [0.1, 0.15) is 0 Å². The van der Waals surface area contributed by atoms with E-state index in [9.17, 15) is 4.79 Å². The van der Waals surface area contributed by atoms with Crippen molar-refractivity contribution < 1.29 is 4.79 Å². The zero-order valence-electron chi connectivity index (χ0n) is 11.7. The van der Waals surface area contributed by atoms with Crippen molar-refractivity contribution in [3.05, 3.63) is 0 Å². The van der Waals surface area contributed by atoms with Crippen molar-refractivity contribution in [1.82, 2.24) is 15.1 Å². The van der Waals surface area contributed by atoms with E-state index in [1.165, 1.54) is 32.1 Å². The molecule has 4 nitrogen and oxygen atoms in total. The second-order valence-corrected chi connectivity index (χ2v) is 5.50. The van der Waals surface area contributed by atoms with Crippen molar-refractivity contribution in [1.29, 1.82) is 0 Å². The molecule has 1 atom stereocenters. The molecular formula is C14H27N3O. The van der Waals surface area contributed by atoms with Crippen LogP contribution in [0.2, 0.25) is 0 Å². The molecule has 2 saturated heterocycles. The van der Waals surface area contributed by atoms with E-state index in [1.807, 2.05) is 0 Å². The molecule has 0 aromatic rings. The van der Waals surface area contributed by atoms with E-state index in [0.717, 1.165) is 32.7 Å². The molecule has 2 fully saturated rings. The third kappa shape index (κ3) is 3.69. The van der Waals surface area contributed by atoms with Gasteiger partial charge in [-0.1, -0.05) is 6.92 Å². The van der Waals surface area contributed by atoms with Crippen LogP contribution < -0.4 is 5.32 Å². The number of rotatable bonds is 4. The van der Waals surface area contributed by atoms with E-state index in [2.05, 4.69) is 22.0 Å². The standard InChI is InChI=1S/C14H27N3O/c1-2-16(13-7-6-8-15-11-13)12-14(18)17-9-4-3-5-10-17/h13,15H,2-12H2,1H3. The number of likely N-dealkylation sites (tertiary alicyclic amines) is 1. The Bertz CT molecular complexity index is 258. The fraction of sp³-hybridized carbons (Fsp3) is 0.929. The number of piperidine rings is 2. The Morgan fingerprint density at radius 1 is 1.28 bits per heavy atom. The lowest BCUT2D eigenvalue weighted by molar-refractivity contribution is -0.134. The lowest BCUT2D eigenvalue weighted by atomic mass is 10.1. The predicted molar refractivity (Wildman–Crippen MR) is 73.6 cm³/mol. The highest BCUT2D eigenvalue weighted by Crippen LogP contribution is 2.13. The minimum absolute atomic E-state index is 0.335. The average Bonchev–Trinajstić information content (AvgIpc) is 2.46. The molecule has 0 aromatic heterocycles. The number of nitrogens with zero attached hydrogens (tertiary/aromatic N) is 2. The smallest absolute Gasteiger partial charge is 0.236 e. The topological polar surface area (TPSA) is 35.6 Å². The number of carbonyl (C=O) groups excluding carboxylic acids is 1. The zero-order chi connectivity index (χ0) is 12.8. The van der Waals surface area contributed by atoms with Gasteiger partial charge in [0, 0.05) is 25.7 Å². The maximum absolute atomic E-state index is 12.3. The molecule has 4 heteroatoms. The minimum atomic E-state index is 0.335. The quantitative estimate of drug-likeness (QED) is 0.814. The van der Waals surface area contributed by atoms with E-state index < -0.39 is 0 Å². The lowest BCUT2D eigenvalue weighted by Crippen LogP contribution is -2.50. The zero-order valence-corrected chi connectivity index (χ0v) is 11.7. The summed E-state index contributed by atoms with van der Waals surface area (Å²) in [6.07, 6.45) is 6.12. The first kappa shape index (κ1) is 13.8. The molecule has 0 bridgehead atoms. The Morgan fingerprint density at radius 3 is 2.67 bits per heavy atom. The fourth-order valence-electron chi connectivity index (χ4n) is 3.06. The van der Waals surface area contributed by atoms with Gasteiger partial charge in [-0.25, -0.2) is 0 Å². The number of hydrogen-bond acceptors (Lipinski definition) is 3. The summed E-state index contributed by atoms with van der Waals surface area (Å²) in [4.78, 5) is 16.7. The molecule has 0 aromatic carbocycles. The van der Waals surface area contributed by atoms with Crippen LogP contribution in [0.25, 0.3) is 0 Å². The molecular weight excluding hydrogens is 226 g/mol. The van der Waals surface area contributed by atoms with Gasteiger partial charge in [-0.05, 0) is 45.2 Å². The van der Waals surface area contributed by atoms with Crippen LogP contribution in [-0.4, -0.2) is 61.0 Å². The molecule has 1 N–H and O–H groups in total. The molecule has 2 aliphatic rings. The van der Waals surface area contributed by atoms with Crippen LogP contribution in [0.15, 0.2) is 0 Å². The minimum Gasteiger partial charge on any atom is -0.342 e. The first-order valence-corrected chi connectivity index (χ1v) is 7.54. The largest absolute Gasteiger partial charge is 0.342 e. The van der Waals surface area contributed by atoms with Crippen LogP contribution in [0.4, 0.5) is 0 Å².